The van der Waals surface area contributed by atoms with Crippen LogP contribution in [-0.4, -0.2) is 29.1 Å². The van der Waals surface area contributed by atoms with Crippen molar-refractivity contribution in [3.05, 3.63) is 31.9 Å². The number of nitrogens with zero attached hydrogens (tertiary/aromatic N) is 2. The number of aliphatic carboxylic acids is 1. The Morgan fingerprint density at radius 3 is 2.52 bits per heavy atom. The lowest BCUT2D eigenvalue weighted by Gasteiger charge is -2.39. The Balaban J connectivity index is 2.16. The molecule has 2 rings (SSSR count). The third-order valence-electron chi connectivity index (χ3n) is 4.33. The Labute approximate surface area is 136 Å². The molecule has 1 aromatic carbocycles. The molecule has 1 heterocycles. The Morgan fingerprint density at radius 2 is 2.10 bits per heavy atom. The predicted molar refractivity (Wildman–Crippen MR) is 87.6 cm³/mol. The number of hydrogen-bond acceptors (Lipinski definition) is 4. The summed E-state index contributed by atoms with van der Waals surface area (Å²) in [5.41, 5.74) is 0.396. The van der Waals surface area contributed by atoms with Gasteiger partial charge in [-0.15, -0.1) is 0 Å². The van der Waals surface area contributed by atoms with Crippen LogP contribution < -0.4 is 4.90 Å². The molecule has 0 spiro atoms. The molecule has 0 amide bonds. The zero-order valence-corrected chi connectivity index (χ0v) is 13.9. The molecule has 0 saturated carbocycles. The standard InChI is InChI=1S/C14H17IN2O4/c1-2-14(13(18)19)5-7-16(8-6-14)12-4-3-10(17(20)21)9-11(12)15/h3-4,9H,2,5-8H2,1H3,(H,18,19). The van der Waals surface area contributed by atoms with E-state index in [9.17, 15) is 20.0 Å². The van der Waals surface area contributed by atoms with Crippen molar-refractivity contribution in [1.29, 1.82) is 0 Å². The van der Waals surface area contributed by atoms with Gasteiger partial charge in [0.2, 0.25) is 0 Å². The molecule has 1 aromatic rings. The van der Waals surface area contributed by atoms with E-state index in [1.807, 2.05) is 6.92 Å². The number of nitro groups is 1. The molecule has 114 valence electrons. The van der Waals surface area contributed by atoms with Gasteiger partial charge in [0.15, 0.2) is 0 Å². The summed E-state index contributed by atoms with van der Waals surface area (Å²) in [5, 5.41) is 20.2. The van der Waals surface area contributed by atoms with Crippen molar-refractivity contribution in [3.8, 4) is 0 Å². The Hall–Kier alpha value is -1.38. The number of piperidine rings is 1. The summed E-state index contributed by atoms with van der Waals surface area (Å²) in [6.07, 6.45) is 1.84. The van der Waals surface area contributed by atoms with E-state index >= 15 is 0 Å². The molecular formula is C14H17IN2O4. The van der Waals surface area contributed by atoms with Crippen LogP contribution in [0.5, 0.6) is 0 Å². The Bertz CT molecular complexity index is 568. The number of rotatable bonds is 4. The van der Waals surface area contributed by atoms with Crippen LogP contribution in [-0.2, 0) is 4.79 Å². The van der Waals surface area contributed by atoms with E-state index in [1.54, 1.807) is 12.1 Å². The smallest absolute Gasteiger partial charge is 0.309 e. The zero-order valence-electron chi connectivity index (χ0n) is 11.7. The van der Waals surface area contributed by atoms with Crippen molar-refractivity contribution < 1.29 is 14.8 Å². The highest BCUT2D eigenvalue weighted by Crippen LogP contribution is 2.38. The van der Waals surface area contributed by atoms with E-state index in [-0.39, 0.29) is 5.69 Å². The minimum absolute atomic E-state index is 0.0774. The molecule has 0 unspecified atom stereocenters. The average Bonchev–Trinajstić information content (AvgIpc) is 2.47. The lowest BCUT2D eigenvalue weighted by atomic mass is 9.76. The van der Waals surface area contributed by atoms with Crippen molar-refractivity contribution in [3.63, 3.8) is 0 Å². The SMILES string of the molecule is CCC1(C(=O)O)CCN(c2ccc([N+](=O)[O-])cc2I)CC1. The summed E-state index contributed by atoms with van der Waals surface area (Å²) in [4.78, 5) is 23.9. The largest absolute Gasteiger partial charge is 0.481 e. The van der Waals surface area contributed by atoms with Gasteiger partial charge in [-0.05, 0) is 47.9 Å². The number of carbonyl (C=O) groups is 1. The molecule has 1 fully saturated rings. The maximum absolute atomic E-state index is 11.4. The maximum Gasteiger partial charge on any atom is 0.309 e. The van der Waals surface area contributed by atoms with E-state index in [0.29, 0.717) is 32.4 Å². The summed E-state index contributed by atoms with van der Waals surface area (Å²) in [6.45, 7) is 3.24. The quantitative estimate of drug-likeness (QED) is 0.473. The second-order valence-corrected chi connectivity index (χ2v) is 6.48. The van der Waals surface area contributed by atoms with Gasteiger partial charge in [-0.1, -0.05) is 6.92 Å². The first-order valence-electron chi connectivity index (χ1n) is 6.82. The van der Waals surface area contributed by atoms with Crippen LogP contribution >= 0.6 is 22.6 Å². The van der Waals surface area contributed by atoms with Crippen molar-refractivity contribution in [2.24, 2.45) is 5.41 Å². The van der Waals surface area contributed by atoms with Gasteiger partial charge >= 0.3 is 5.97 Å². The number of carboxylic acids is 1. The van der Waals surface area contributed by atoms with E-state index in [4.69, 9.17) is 0 Å². The Kier molecular flexibility index (Phi) is 4.70. The highest BCUT2D eigenvalue weighted by Gasteiger charge is 2.40. The summed E-state index contributed by atoms with van der Waals surface area (Å²) in [6, 6.07) is 4.80. The molecule has 0 radical (unpaired) electrons. The Morgan fingerprint density at radius 1 is 1.48 bits per heavy atom. The first kappa shape index (κ1) is 16.0. The third-order valence-corrected chi connectivity index (χ3v) is 5.20. The van der Waals surface area contributed by atoms with Crippen molar-refractivity contribution in [2.75, 3.05) is 18.0 Å². The van der Waals surface area contributed by atoms with Gasteiger partial charge in [0.05, 0.1) is 16.0 Å². The molecule has 1 aliphatic rings. The molecule has 0 aliphatic carbocycles. The van der Waals surface area contributed by atoms with Gasteiger partial charge in [0.1, 0.15) is 0 Å². The number of anilines is 1. The van der Waals surface area contributed by atoms with E-state index in [2.05, 4.69) is 27.5 Å². The van der Waals surface area contributed by atoms with Crippen molar-refractivity contribution >= 4 is 39.9 Å². The van der Waals surface area contributed by atoms with Crippen LogP contribution in [0.15, 0.2) is 18.2 Å². The molecule has 1 N–H and O–H groups in total. The fourth-order valence-corrected chi connectivity index (χ4v) is 3.60. The van der Waals surface area contributed by atoms with Gasteiger partial charge in [0.25, 0.3) is 5.69 Å². The van der Waals surface area contributed by atoms with Crippen LogP contribution in [0.1, 0.15) is 26.2 Å². The van der Waals surface area contributed by atoms with Gasteiger partial charge in [0, 0.05) is 28.8 Å². The summed E-state index contributed by atoms with van der Waals surface area (Å²) in [7, 11) is 0. The number of halogens is 1. The summed E-state index contributed by atoms with van der Waals surface area (Å²) in [5.74, 6) is -0.719. The summed E-state index contributed by atoms with van der Waals surface area (Å²) >= 11 is 2.09. The predicted octanol–water partition coefficient (Wildman–Crippen LogP) is 3.28. The molecule has 1 aliphatic heterocycles. The van der Waals surface area contributed by atoms with E-state index in [0.717, 1.165) is 9.26 Å². The van der Waals surface area contributed by atoms with E-state index < -0.39 is 16.3 Å². The van der Waals surface area contributed by atoms with Gasteiger partial charge < -0.3 is 10.0 Å². The minimum atomic E-state index is -0.719. The normalized spacial score (nSPS) is 17.5. The summed E-state index contributed by atoms with van der Waals surface area (Å²) < 4.78 is 0.820. The second kappa shape index (κ2) is 6.17. The van der Waals surface area contributed by atoms with E-state index in [1.165, 1.54) is 6.07 Å². The lowest BCUT2D eigenvalue weighted by molar-refractivity contribution is -0.384. The zero-order chi connectivity index (χ0) is 15.6. The number of non-ortho nitro benzene ring substituents is 1. The maximum atomic E-state index is 11.4. The topological polar surface area (TPSA) is 83.7 Å². The fourth-order valence-electron chi connectivity index (χ4n) is 2.76. The van der Waals surface area contributed by atoms with Crippen molar-refractivity contribution in [2.45, 2.75) is 26.2 Å². The highest BCUT2D eigenvalue weighted by molar-refractivity contribution is 14.1. The van der Waals surface area contributed by atoms with Crippen LogP contribution in [0.25, 0.3) is 0 Å². The van der Waals surface area contributed by atoms with Gasteiger partial charge in [-0.2, -0.15) is 0 Å². The number of benzene rings is 1. The van der Waals surface area contributed by atoms with Crippen LogP contribution in [0.3, 0.4) is 0 Å². The first-order valence-corrected chi connectivity index (χ1v) is 7.90. The minimum Gasteiger partial charge on any atom is -0.481 e. The van der Waals surface area contributed by atoms with Crippen LogP contribution in [0, 0.1) is 19.1 Å². The van der Waals surface area contributed by atoms with Crippen LogP contribution in [0.2, 0.25) is 0 Å². The average molecular weight is 404 g/mol. The van der Waals surface area contributed by atoms with Crippen molar-refractivity contribution in [1.82, 2.24) is 0 Å². The molecule has 0 atom stereocenters. The monoisotopic (exact) mass is 404 g/mol. The molecule has 0 aromatic heterocycles. The molecule has 21 heavy (non-hydrogen) atoms. The molecular weight excluding hydrogens is 387 g/mol. The number of nitro benzene ring substituents is 1. The fraction of sp³-hybridized carbons (Fsp3) is 0.500. The number of hydrogen-bond donors (Lipinski definition) is 1. The van der Waals surface area contributed by atoms with Crippen LogP contribution in [0.4, 0.5) is 11.4 Å². The highest BCUT2D eigenvalue weighted by atomic mass is 127. The lowest BCUT2D eigenvalue weighted by Crippen LogP contribution is -2.44. The molecule has 7 heteroatoms. The van der Waals surface area contributed by atoms with Gasteiger partial charge in [-0.3, -0.25) is 14.9 Å². The second-order valence-electron chi connectivity index (χ2n) is 5.32. The first-order chi connectivity index (χ1) is 9.89. The molecule has 1 saturated heterocycles. The molecule has 0 bridgehead atoms. The third kappa shape index (κ3) is 3.12. The number of carboxylic acid groups (broad SMARTS) is 1. The molecule has 6 nitrogen and oxygen atoms in total. The van der Waals surface area contributed by atoms with Gasteiger partial charge in [-0.25, -0.2) is 0 Å².